The Morgan fingerprint density at radius 2 is 1.58 bits per heavy atom. The number of benzene rings is 1. The van der Waals surface area contributed by atoms with Crippen LogP contribution in [0.3, 0.4) is 0 Å². The molecule has 6 heteroatoms. The Balaban J connectivity index is 0. The topological polar surface area (TPSA) is 57.5 Å². The Morgan fingerprint density at radius 1 is 1.08 bits per heavy atom. The second kappa shape index (κ2) is 14.2. The minimum atomic E-state index is -0.524. The van der Waals surface area contributed by atoms with Crippen LogP contribution in [0, 0.1) is 5.82 Å². The summed E-state index contributed by atoms with van der Waals surface area (Å²) in [4.78, 5) is 22.1. The van der Waals surface area contributed by atoms with E-state index in [0.717, 1.165) is 5.56 Å². The van der Waals surface area contributed by atoms with Crippen LogP contribution in [0.1, 0.15) is 46.1 Å². The van der Waals surface area contributed by atoms with Gasteiger partial charge in [-0.1, -0.05) is 39.8 Å². The first-order chi connectivity index (χ1) is 10.7. The van der Waals surface area contributed by atoms with Gasteiger partial charge in [0.05, 0.1) is 7.11 Å². The molecule has 0 heterocycles. The molecule has 0 bridgehead atoms. The third kappa shape index (κ3) is 14.4. The first-order valence-electron chi connectivity index (χ1n) is 7.77. The van der Waals surface area contributed by atoms with Crippen molar-refractivity contribution in [1.82, 2.24) is 0 Å². The van der Waals surface area contributed by atoms with Crippen LogP contribution in [0.4, 0.5) is 4.39 Å². The number of rotatable bonds is 7. The third-order valence-corrected chi connectivity index (χ3v) is 2.77. The van der Waals surface area contributed by atoms with E-state index in [-0.39, 0.29) is 43.3 Å². The maximum Gasteiger partial charge on any atom is 1.00 e. The molecule has 0 saturated heterocycles. The van der Waals surface area contributed by atoms with Crippen LogP contribution in [-0.2, 0) is 20.7 Å². The van der Waals surface area contributed by atoms with Crippen LogP contribution in [0.15, 0.2) is 24.3 Å². The number of esters is 1. The predicted octanol–water partition coefficient (Wildman–Crippen LogP) is 1.07. The van der Waals surface area contributed by atoms with Crippen LogP contribution in [0.5, 0.6) is 0 Å². The third-order valence-electron chi connectivity index (χ3n) is 2.77. The average Bonchev–Trinajstić information content (AvgIpc) is 2.45. The molecular formula is C18H27FLiNO3. The fraction of sp³-hybridized carbons (Fsp3) is 0.556. The molecule has 1 rings (SSSR count). The second-order valence-electron chi connectivity index (χ2n) is 5.75. The number of halogens is 1. The van der Waals surface area contributed by atoms with Crippen LogP contribution in [0.2, 0.25) is 0 Å². The van der Waals surface area contributed by atoms with Gasteiger partial charge in [-0.2, -0.15) is 0 Å². The van der Waals surface area contributed by atoms with Crippen molar-refractivity contribution >= 4 is 11.8 Å². The van der Waals surface area contributed by atoms with Crippen LogP contribution < -0.4 is 18.9 Å². The summed E-state index contributed by atoms with van der Waals surface area (Å²) in [5.74, 6) is -0.995. The zero-order chi connectivity index (χ0) is 17.8. The first kappa shape index (κ1) is 25.1. The van der Waals surface area contributed by atoms with Gasteiger partial charge in [0.2, 0.25) is 0 Å². The molecule has 1 aromatic carbocycles. The standard InChI is InChI=1S/C12H13FO3.C6H14N.Li/c1-16-12(15)8-11(14)7-4-9-2-5-10(13)6-3-9;1-5(2)7-6(3)4;/h2-3,5-6H,4,7-8H2,1H3;5-6H,1-4H3;/q;-1;+1. The molecule has 0 fully saturated rings. The number of carbonyl (C=O) groups excluding carboxylic acids is 2. The van der Waals surface area contributed by atoms with Gasteiger partial charge in [0, 0.05) is 6.42 Å². The number of hydrogen-bond donors (Lipinski definition) is 0. The largest absolute Gasteiger partial charge is 1.00 e. The summed E-state index contributed by atoms with van der Waals surface area (Å²) >= 11 is 0. The van der Waals surface area contributed by atoms with Crippen LogP contribution in [0.25, 0.3) is 5.32 Å². The maximum absolute atomic E-state index is 12.6. The van der Waals surface area contributed by atoms with Crippen molar-refractivity contribution in [1.29, 1.82) is 0 Å². The number of Topliss-reactive ketones (excluding diaryl/α,β-unsaturated/α-hetero) is 1. The minimum Gasteiger partial charge on any atom is -0.658 e. The normalized spacial score (nSPS) is 9.83. The summed E-state index contributed by atoms with van der Waals surface area (Å²) in [5, 5.41) is 4.28. The Bertz CT molecular complexity index is 470. The molecule has 0 aliphatic rings. The molecule has 130 valence electrons. The molecule has 0 unspecified atom stereocenters. The number of methoxy groups -OCH3 is 1. The van der Waals surface area contributed by atoms with Gasteiger partial charge in [-0.3, -0.25) is 9.59 Å². The Kier molecular flexibility index (Phi) is 14.9. The fourth-order valence-electron chi connectivity index (χ4n) is 1.85. The number of ether oxygens (including phenoxy) is 1. The van der Waals surface area contributed by atoms with Gasteiger partial charge >= 0.3 is 24.8 Å². The molecule has 0 spiro atoms. The molecule has 0 aliphatic heterocycles. The van der Waals surface area contributed by atoms with Crippen LogP contribution in [-0.4, -0.2) is 30.9 Å². The van der Waals surface area contributed by atoms with Crippen molar-refractivity contribution in [3.63, 3.8) is 0 Å². The number of ketones is 1. The van der Waals surface area contributed by atoms with E-state index in [1.807, 2.05) is 0 Å². The second-order valence-corrected chi connectivity index (χ2v) is 5.75. The Hall–Kier alpha value is -1.15. The molecule has 4 nitrogen and oxygen atoms in total. The predicted molar refractivity (Wildman–Crippen MR) is 90.0 cm³/mol. The molecule has 0 aliphatic carbocycles. The molecule has 0 N–H and O–H groups in total. The van der Waals surface area contributed by atoms with E-state index in [4.69, 9.17) is 0 Å². The Morgan fingerprint density at radius 3 is 1.96 bits per heavy atom. The minimum absolute atomic E-state index is 0. The molecule has 24 heavy (non-hydrogen) atoms. The molecular weight excluding hydrogens is 304 g/mol. The van der Waals surface area contributed by atoms with Gasteiger partial charge in [-0.15, -0.1) is 12.1 Å². The van der Waals surface area contributed by atoms with Crippen molar-refractivity contribution in [2.45, 2.75) is 59.0 Å². The molecule has 0 amide bonds. The van der Waals surface area contributed by atoms with Gasteiger partial charge in [0.15, 0.2) is 0 Å². The quantitative estimate of drug-likeness (QED) is 0.427. The summed E-state index contributed by atoms with van der Waals surface area (Å²) < 4.78 is 17.0. The van der Waals surface area contributed by atoms with Crippen molar-refractivity contribution < 1.29 is 37.6 Å². The summed E-state index contributed by atoms with van der Waals surface area (Å²) in [7, 11) is 1.25. The summed E-state index contributed by atoms with van der Waals surface area (Å²) in [6.45, 7) is 8.39. The zero-order valence-corrected chi connectivity index (χ0v) is 15.6. The first-order valence-corrected chi connectivity index (χ1v) is 7.77. The Labute approximate surface area is 156 Å². The van der Waals surface area contributed by atoms with E-state index in [1.165, 1.54) is 19.2 Å². The van der Waals surface area contributed by atoms with Gasteiger partial charge in [0.25, 0.3) is 0 Å². The molecule has 0 radical (unpaired) electrons. The van der Waals surface area contributed by atoms with Crippen molar-refractivity contribution in [2.24, 2.45) is 0 Å². The van der Waals surface area contributed by atoms with E-state index in [1.54, 1.807) is 12.1 Å². The van der Waals surface area contributed by atoms with Crippen LogP contribution >= 0.6 is 0 Å². The number of hydrogen-bond acceptors (Lipinski definition) is 3. The van der Waals surface area contributed by atoms with E-state index < -0.39 is 5.97 Å². The molecule has 0 saturated carbocycles. The molecule has 0 atom stereocenters. The summed E-state index contributed by atoms with van der Waals surface area (Å²) in [6, 6.07) is 6.95. The SMILES string of the molecule is CC(C)[N-]C(C)C.COC(=O)CC(=O)CCc1ccc(F)cc1.[Li+]. The number of aryl methyl sites for hydroxylation is 1. The molecule has 1 aromatic rings. The number of nitrogens with zero attached hydrogens (tertiary/aromatic N) is 1. The van der Waals surface area contributed by atoms with Crippen molar-refractivity contribution in [2.75, 3.05) is 7.11 Å². The monoisotopic (exact) mass is 331 g/mol. The van der Waals surface area contributed by atoms with Gasteiger partial charge in [-0.25, -0.2) is 4.39 Å². The van der Waals surface area contributed by atoms with Gasteiger partial charge in [-0.05, 0) is 24.1 Å². The summed E-state index contributed by atoms with van der Waals surface area (Å²) in [6.07, 6.45) is 0.578. The molecule has 0 aromatic heterocycles. The fourth-order valence-corrected chi connectivity index (χ4v) is 1.85. The average molecular weight is 331 g/mol. The number of carbonyl (C=O) groups is 2. The maximum atomic E-state index is 12.6. The summed E-state index contributed by atoms with van der Waals surface area (Å²) in [5.41, 5.74) is 0.875. The zero-order valence-electron chi connectivity index (χ0n) is 15.6. The van der Waals surface area contributed by atoms with Crippen molar-refractivity contribution in [3.8, 4) is 0 Å². The van der Waals surface area contributed by atoms with E-state index in [0.29, 0.717) is 18.5 Å². The smallest absolute Gasteiger partial charge is 0.658 e. The van der Waals surface area contributed by atoms with E-state index >= 15 is 0 Å². The van der Waals surface area contributed by atoms with E-state index in [2.05, 4.69) is 37.7 Å². The van der Waals surface area contributed by atoms with Gasteiger partial charge in [0.1, 0.15) is 18.0 Å². The van der Waals surface area contributed by atoms with E-state index in [9.17, 15) is 14.0 Å². The van der Waals surface area contributed by atoms with Crippen molar-refractivity contribution in [3.05, 3.63) is 41.0 Å². The van der Waals surface area contributed by atoms with Gasteiger partial charge < -0.3 is 10.1 Å².